The van der Waals surface area contributed by atoms with Gasteiger partial charge in [0, 0.05) is 0 Å². The Morgan fingerprint density at radius 3 is 1.95 bits per heavy atom. The van der Waals surface area contributed by atoms with Gasteiger partial charge in [0.05, 0.1) is 6.61 Å². The second kappa shape index (κ2) is 15.7. The lowest BCUT2D eigenvalue weighted by molar-refractivity contribution is -0.141. The van der Waals surface area contributed by atoms with Crippen molar-refractivity contribution in [2.75, 3.05) is 19.8 Å². The molecule has 0 unspecified atom stereocenters. The van der Waals surface area contributed by atoms with Crippen molar-refractivity contribution in [3.8, 4) is 0 Å². The first kappa shape index (κ1) is 20.3. The van der Waals surface area contributed by atoms with E-state index in [0.717, 1.165) is 12.8 Å². The number of hydrogen-bond donors (Lipinski definition) is 1. The molecular weight excluding hydrogens is 288 g/mol. The number of unbranched alkanes of at least 4 members (excludes halogenated alkanes) is 9. The van der Waals surface area contributed by atoms with Gasteiger partial charge in [-0.3, -0.25) is 0 Å². The zero-order valence-electron chi connectivity index (χ0n) is 13.3. The van der Waals surface area contributed by atoms with Gasteiger partial charge in [-0.25, -0.2) is 4.79 Å². The maximum atomic E-state index is 10.2. The van der Waals surface area contributed by atoms with E-state index in [1.807, 2.05) is 0 Å². The molecule has 21 heavy (non-hydrogen) atoms. The Morgan fingerprint density at radius 1 is 0.905 bits per heavy atom. The molecule has 1 N–H and O–H groups in total. The SMILES string of the molecule is CCCCCCCCCCCCOC(=S)COCC(=O)O. The van der Waals surface area contributed by atoms with E-state index in [-0.39, 0.29) is 13.2 Å². The van der Waals surface area contributed by atoms with Crippen LogP contribution in [0.1, 0.15) is 71.1 Å². The number of carbonyl (C=O) groups is 1. The Kier molecular flexibility index (Phi) is 15.2. The van der Waals surface area contributed by atoms with Crippen LogP contribution in [0.4, 0.5) is 0 Å². The number of hydrogen-bond acceptors (Lipinski definition) is 4. The van der Waals surface area contributed by atoms with E-state index in [0.29, 0.717) is 11.7 Å². The van der Waals surface area contributed by atoms with Gasteiger partial charge in [0.1, 0.15) is 13.2 Å². The highest BCUT2D eigenvalue weighted by atomic mass is 32.1. The summed E-state index contributed by atoms with van der Waals surface area (Å²) in [4.78, 5) is 10.2. The van der Waals surface area contributed by atoms with Crippen molar-refractivity contribution in [2.45, 2.75) is 71.1 Å². The van der Waals surface area contributed by atoms with Crippen molar-refractivity contribution in [1.29, 1.82) is 0 Å². The molecule has 4 nitrogen and oxygen atoms in total. The van der Waals surface area contributed by atoms with Gasteiger partial charge in [-0.1, -0.05) is 64.7 Å². The molecule has 0 aromatic rings. The third-order valence-corrected chi connectivity index (χ3v) is 3.44. The van der Waals surface area contributed by atoms with E-state index < -0.39 is 5.97 Å². The Morgan fingerprint density at radius 2 is 1.43 bits per heavy atom. The van der Waals surface area contributed by atoms with Crippen molar-refractivity contribution in [3.05, 3.63) is 0 Å². The molecule has 5 heteroatoms. The second-order valence-electron chi connectivity index (χ2n) is 5.29. The van der Waals surface area contributed by atoms with Crippen LogP contribution in [0.25, 0.3) is 0 Å². The van der Waals surface area contributed by atoms with Crippen molar-refractivity contribution >= 4 is 23.2 Å². The number of carboxylic acid groups (broad SMARTS) is 1. The fourth-order valence-electron chi connectivity index (χ4n) is 2.04. The third kappa shape index (κ3) is 17.3. The molecule has 0 aromatic heterocycles. The van der Waals surface area contributed by atoms with Gasteiger partial charge in [-0.2, -0.15) is 0 Å². The van der Waals surface area contributed by atoms with Gasteiger partial charge in [-0.15, -0.1) is 0 Å². The van der Waals surface area contributed by atoms with Crippen LogP contribution in [0.3, 0.4) is 0 Å². The summed E-state index contributed by atoms with van der Waals surface area (Å²) >= 11 is 4.94. The van der Waals surface area contributed by atoms with Crippen LogP contribution in [0, 0.1) is 0 Å². The first-order valence-electron chi connectivity index (χ1n) is 8.12. The van der Waals surface area contributed by atoms with Crippen LogP contribution in [0.2, 0.25) is 0 Å². The molecule has 124 valence electrons. The largest absolute Gasteiger partial charge is 0.485 e. The van der Waals surface area contributed by atoms with Crippen molar-refractivity contribution in [3.63, 3.8) is 0 Å². The Hall–Kier alpha value is -0.680. The van der Waals surface area contributed by atoms with Crippen LogP contribution in [-0.2, 0) is 14.3 Å². The Labute approximate surface area is 134 Å². The van der Waals surface area contributed by atoms with Crippen molar-refractivity contribution in [2.24, 2.45) is 0 Å². The molecule has 0 saturated heterocycles. The maximum Gasteiger partial charge on any atom is 0.329 e. The zero-order valence-corrected chi connectivity index (χ0v) is 14.1. The lowest BCUT2D eigenvalue weighted by Crippen LogP contribution is -2.15. The number of aliphatic carboxylic acids is 1. The minimum absolute atomic E-state index is 0.0827. The van der Waals surface area contributed by atoms with Crippen molar-refractivity contribution in [1.82, 2.24) is 0 Å². The van der Waals surface area contributed by atoms with Crippen LogP contribution in [-0.4, -0.2) is 35.9 Å². The van der Waals surface area contributed by atoms with Crippen LogP contribution in [0.15, 0.2) is 0 Å². The molecule has 0 aliphatic heterocycles. The van der Waals surface area contributed by atoms with Crippen LogP contribution in [0.5, 0.6) is 0 Å². The second-order valence-corrected chi connectivity index (χ2v) is 5.74. The Balaban J connectivity index is 3.14. The molecule has 0 saturated carbocycles. The van der Waals surface area contributed by atoms with E-state index in [4.69, 9.17) is 26.8 Å². The highest BCUT2D eigenvalue weighted by Gasteiger charge is 2.01. The Bertz CT molecular complexity index is 269. The molecular formula is C16H30O4S. The van der Waals surface area contributed by atoms with Crippen LogP contribution >= 0.6 is 12.2 Å². The minimum atomic E-state index is -0.993. The number of thiocarbonyl (C=S) groups is 1. The quantitative estimate of drug-likeness (QED) is 0.359. The van der Waals surface area contributed by atoms with Gasteiger partial charge < -0.3 is 14.6 Å². The fourth-order valence-corrected chi connectivity index (χ4v) is 2.21. The molecule has 0 radical (unpaired) electrons. The summed E-state index contributed by atoms with van der Waals surface area (Å²) in [6.07, 6.45) is 12.8. The topological polar surface area (TPSA) is 55.8 Å². The van der Waals surface area contributed by atoms with E-state index in [1.54, 1.807) is 0 Å². The summed E-state index contributed by atoms with van der Waals surface area (Å²) < 4.78 is 10.2. The molecule has 0 spiro atoms. The molecule has 0 aliphatic carbocycles. The first-order chi connectivity index (χ1) is 10.2. The monoisotopic (exact) mass is 318 g/mol. The smallest absolute Gasteiger partial charge is 0.329 e. The van der Waals surface area contributed by atoms with Gasteiger partial charge in [0.25, 0.3) is 0 Å². The summed E-state index contributed by atoms with van der Waals surface area (Å²) in [5.74, 6) is -0.993. The summed E-state index contributed by atoms with van der Waals surface area (Å²) in [6.45, 7) is 2.60. The molecule has 0 aliphatic rings. The van der Waals surface area contributed by atoms with Crippen LogP contribution < -0.4 is 0 Å². The van der Waals surface area contributed by atoms with Crippen molar-refractivity contribution < 1.29 is 19.4 Å². The lowest BCUT2D eigenvalue weighted by Gasteiger charge is -2.07. The maximum absolute atomic E-state index is 10.2. The normalized spacial score (nSPS) is 10.5. The fraction of sp³-hybridized carbons (Fsp3) is 0.875. The predicted octanol–water partition coefficient (Wildman–Crippen LogP) is 4.35. The predicted molar refractivity (Wildman–Crippen MR) is 88.8 cm³/mol. The highest BCUT2D eigenvalue weighted by Crippen LogP contribution is 2.10. The molecule has 0 rings (SSSR count). The molecule has 0 atom stereocenters. The van der Waals surface area contributed by atoms with E-state index in [1.165, 1.54) is 51.4 Å². The minimum Gasteiger partial charge on any atom is -0.485 e. The molecule has 0 amide bonds. The van der Waals surface area contributed by atoms with Gasteiger partial charge in [-0.05, 0) is 18.6 Å². The van der Waals surface area contributed by atoms with E-state index in [2.05, 4.69) is 6.92 Å². The highest BCUT2D eigenvalue weighted by molar-refractivity contribution is 7.80. The summed E-state index contributed by atoms with van der Waals surface area (Å²) in [5, 5.41) is 8.73. The first-order valence-corrected chi connectivity index (χ1v) is 8.52. The average molecular weight is 318 g/mol. The molecule has 0 aromatic carbocycles. The number of rotatable bonds is 15. The molecule has 0 bridgehead atoms. The molecule has 0 fully saturated rings. The number of carboxylic acids is 1. The standard InChI is InChI=1S/C16H30O4S/c1-2-3-4-5-6-7-8-9-10-11-12-20-16(21)14-19-13-15(17)18/h2-14H2,1H3,(H,17,18). The summed E-state index contributed by atoms with van der Waals surface area (Å²) in [6, 6.07) is 0. The van der Waals surface area contributed by atoms with Gasteiger partial charge in [0.15, 0.2) is 5.05 Å². The van der Waals surface area contributed by atoms with E-state index in [9.17, 15) is 4.79 Å². The van der Waals surface area contributed by atoms with E-state index >= 15 is 0 Å². The summed E-state index contributed by atoms with van der Waals surface area (Å²) in [5.41, 5.74) is 0. The lowest BCUT2D eigenvalue weighted by atomic mass is 10.1. The number of ether oxygens (including phenoxy) is 2. The molecule has 0 heterocycles. The average Bonchev–Trinajstić information content (AvgIpc) is 2.44. The van der Waals surface area contributed by atoms with Gasteiger partial charge in [0.2, 0.25) is 0 Å². The third-order valence-electron chi connectivity index (χ3n) is 3.21. The van der Waals surface area contributed by atoms with Gasteiger partial charge >= 0.3 is 5.97 Å². The zero-order chi connectivity index (χ0) is 15.8. The summed E-state index contributed by atoms with van der Waals surface area (Å²) in [7, 11) is 0.